The van der Waals surface area contributed by atoms with Gasteiger partial charge in [0.25, 0.3) is 0 Å². The number of nitrogens with one attached hydrogen (secondary N) is 1. The number of rotatable bonds is 6. The molecule has 0 atom stereocenters. The van der Waals surface area contributed by atoms with Crippen LogP contribution in [0, 0.1) is 6.92 Å². The fourth-order valence-corrected chi connectivity index (χ4v) is 2.94. The molecular formula is C17H18N4O3S. The van der Waals surface area contributed by atoms with Crippen molar-refractivity contribution in [2.45, 2.75) is 11.9 Å². The molecule has 0 spiro atoms. The SMILES string of the molecule is COc1ccc(OC)c(Nc2nccc(-c3c(SC)noc3C)n2)c1. The summed E-state index contributed by atoms with van der Waals surface area (Å²) >= 11 is 1.51. The Morgan fingerprint density at radius 2 is 2.00 bits per heavy atom. The van der Waals surface area contributed by atoms with Crippen LogP contribution in [0.4, 0.5) is 11.6 Å². The van der Waals surface area contributed by atoms with Crippen molar-refractivity contribution in [2.24, 2.45) is 0 Å². The summed E-state index contributed by atoms with van der Waals surface area (Å²) in [5.41, 5.74) is 2.32. The molecule has 0 fully saturated rings. The average Bonchev–Trinajstić information content (AvgIpc) is 3.02. The molecule has 2 heterocycles. The van der Waals surface area contributed by atoms with Crippen molar-refractivity contribution in [1.82, 2.24) is 15.1 Å². The van der Waals surface area contributed by atoms with Gasteiger partial charge in [-0.2, -0.15) is 0 Å². The van der Waals surface area contributed by atoms with Crippen molar-refractivity contribution in [3.63, 3.8) is 0 Å². The van der Waals surface area contributed by atoms with E-state index in [9.17, 15) is 0 Å². The Bertz CT molecular complexity index is 882. The number of thioether (sulfide) groups is 1. The summed E-state index contributed by atoms with van der Waals surface area (Å²) < 4.78 is 15.9. The predicted molar refractivity (Wildman–Crippen MR) is 96.9 cm³/mol. The number of aryl methyl sites for hydroxylation is 1. The summed E-state index contributed by atoms with van der Waals surface area (Å²) in [5.74, 6) is 2.53. The molecule has 3 rings (SSSR count). The van der Waals surface area contributed by atoms with Gasteiger partial charge in [-0.3, -0.25) is 0 Å². The van der Waals surface area contributed by atoms with Crippen LogP contribution in [0.15, 0.2) is 40.0 Å². The third-order valence-corrected chi connectivity index (χ3v) is 4.25. The lowest BCUT2D eigenvalue weighted by atomic mass is 10.2. The van der Waals surface area contributed by atoms with Gasteiger partial charge in [0.1, 0.15) is 22.3 Å². The number of ether oxygens (including phenoxy) is 2. The van der Waals surface area contributed by atoms with E-state index in [2.05, 4.69) is 20.4 Å². The molecule has 130 valence electrons. The lowest BCUT2D eigenvalue weighted by Gasteiger charge is -2.12. The quantitative estimate of drug-likeness (QED) is 0.664. The van der Waals surface area contributed by atoms with Gasteiger partial charge in [0.2, 0.25) is 5.95 Å². The summed E-state index contributed by atoms with van der Waals surface area (Å²) in [5, 5.41) is 8.01. The number of aromatic nitrogens is 3. The molecule has 8 heteroatoms. The Balaban J connectivity index is 1.97. The van der Waals surface area contributed by atoms with Crippen molar-refractivity contribution in [3.8, 4) is 22.8 Å². The van der Waals surface area contributed by atoms with E-state index in [1.807, 2.05) is 37.4 Å². The first-order valence-electron chi connectivity index (χ1n) is 7.49. The van der Waals surface area contributed by atoms with Gasteiger partial charge < -0.3 is 19.3 Å². The van der Waals surface area contributed by atoms with Crippen molar-refractivity contribution < 1.29 is 14.0 Å². The van der Waals surface area contributed by atoms with Crippen LogP contribution >= 0.6 is 11.8 Å². The molecular weight excluding hydrogens is 340 g/mol. The topological polar surface area (TPSA) is 82.3 Å². The highest BCUT2D eigenvalue weighted by atomic mass is 32.2. The highest BCUT2D eigenvalue weighted by Gasteiger charge is 2.16. The molecule has 0 saturated carbocycles. The van der Waals surface area contributed by atoms with Gasteiger partial charge in [0, 0.05) is 12.3 Å². The molecule has 0 unspecified atom stereocenters. The van der Waals surface area contributed by atoms with Gasteiger partial charge in [-0.05, 0) is 31.4 Å². The summed E-state index contributed by atoms with van der Waals surface area (Å²) in [7, 11) is 3.22. The summed E-state index contributed by atoms with van der Waals surface area (Å²) in [4.78, 5) is 8.86. The van der Waals surface area contributed by atoms with Gasteiger partial charge in [0.05, 0.1) is 31.2 Å². The molecule has 25 heavy (non-hydrogen) atoms. The third kappa shape index (κ3) is 3.53. The molecule has 0 bridgehead atoms. The van der Waals surface area contributed by atoms with Crippen LogP contribution in [-0.2, 0) is 0 Å². The maximum absolute atomic E-state index is 5.37. The fourth-order valence-electron chi connectivity index (χ4n) is 2.37. The molecule has 0 aliphatic rings. The Kier molecular flexibility index (Phi) is 5.08. The average molecular weight is 358 g/mol. The maximum atomic E-state index is 5.37. The molecule has 1 N–H and O–H groups in total. The molecule has 0 aliphatic carbocycles. The summed E-state index contributed by atoms with van der Waals surface area (Å²) in [6.07, 6.45) is 3.64. The standard InChI is InChI=1S/C17H18N4O3S/c1-10-15(16(25-4)21-24-10)12-7-8-18-17(19-12)20-13-9-11(22-2)5-6-14(13)23-3/h5-9H,1-4H3,(H,18,19,20). The van der Waals surface area contributed by atoms with Crippen molar-refractivity contribution in [1.29, 1.82) is 0 Å². The molecule has 0 saturated heterocycles. The summed E-state index contributed by atoms with van der Waals surface area (Å²) in [6.45, 7) is 1.86. The zero-order valence-electron chi connectivity index (χ0n) is 14.4. The number of nitrogens with zero attached hydrogens (tertiary/aromatic N) is 3. The molecule has 0 amide bonds. The normalized spacial score (nSPS) is 10.6. The van der Waals surface area contributed by atoms with E-state index in [0.29, 0.717) is 28.9 Å². The van der Waals surface area contributed by atoms with E-state index in [-0.39, 0.29) is 0 Å². The predicted octanol–water partition coefficient (Wildman–Crippen LogP) is 3.92. The Morgan fingerprint density at radius 3 is 2.72 bits per heavy atom. The van der Waals surface area contributed by atoms with Crippen LogP contribution < -0.4 is 14.8 Å². The Morgan fingerprint density at radius 1 is 1.16 bits per heavy atom. The Hall–Kier alpha value is -2.74. The molecule has 3 aromatic rings. The lowest BCUT2D eigenvalue weighted by molar-refractivity contribution is 0.384. The second kappa shape index (κ2) is 7.43. The van der Waals surface area contributed by atoms with Crippen LogP contribution in [0.1, 0.15) is 5.76 Å². The third-order valence-electron chi connectivity index (χ3n) is 3.59. The van der Waals surface area contributed by atoms with Crippen LogP contribution in [-0.4, -0.2) is 35.6 Å². The van der Waals surface area contributed by atoms with E-state index >= 15 is 0 Å². The first kappa shape index (κ1) is 17.1. The van der Waals surface area contributed by atoms with Gasteiger partial charge in [-0.1, -0.05) is 5.16 Å². The number of benzene rings is 1. The van der Waals surface area contributed by atoms with Gasteiger partial charge in [-0.15, -0.1) is 11.8 Å². The van der Waals surface area contributed by atoms with Gasteiger partial charge in [-0.25, -0.2) is 9.97 Å². The number of hydrogen-bond acceptors (Lipinski definition) is 8. The number of methoxy groups -OCH3 is 2. The van der Waals surface area contributed by atoms with Crippen LogP contribution in [0.2, 0.25) is 0 Å². The fraction of sp³-hybridized carbons (Fsp3) is 0.235. The van der Waals surface area contributed by atoms with E-state index in [1.165, 1.54) is 11.8 Å². The van der Waals surface area contributed by atoms with Crippen molar-refractivity contribution >= 4 is 23.4 Å². The largest absolute Gasteiger partial charge is 0.497 e. The minimum Gasteiger partial charge on any atom is -0.497 e. The van der Waals surface area contributed by atoms with E-state index in [1.54, 1.807) is 20.4 Å². The molecule has 0 radical (unpaired) electrons. The first-order chi connectivity index (χ1) is 12.2. The molecule has 0 aliphatic heterocycles. The number of anilines is 2. The van der Waals surface area contributed by atoms with Crippen molar-refractivity contribution in [2.75, 3.05) is 25.8 Å². The van der Waals surface area contributed by atoms with E-state index in [0.717, 1.165) is 16.3 Å². The van der Waals surface area contributed by atoms with Crippen LogP contribution in [0.25, 0.3) is 11.3 Å². The maximum Gasteiger partial charge on any atom is 0.227 e. The lowest BCUT2D eigenvalue weighted by Crippen LogP contribution is -2.00. The van der Waals surface area contributed by atoms with E-state index < -0.39 is 0 Å². The molecule has 1 aromatic carbocycles. The number of hydrogen-bond donors (Lipinski definition) is 1. The first-order valence-corrected chi connectivity index (χ1v) is 8.71. The molecule has 2 aromatic heterocycles. The van der Waals surface area contributed by atoms with Gasteiger partial charge >= 0.3 is 0 Å². The second-order valence-corrected chi connectivity index (χ2v) is 5.87. The smallest absolute Gasteiger partial charge is 0.227 e. The molecule has 7 nitrogen and oxygen atoms in total. The zero-order valence-corrected chi connectivity index (χ0v) is 15.2. The zero-order chi connectivity index (χ0) is 17.8. The van der Waals surface area contributed by atoms with Crippen LogP contribution in [0.3, 0.4) is 0 Å². The minimum absolute atomic E-state index is 0.441. The highest BCUT2D eigenvalue weighted by Crippen LogP contribution is 2.33. The second-order valence-electron chi connectivity index (χ2n) is 5.08. The monoisotopic (exact) mass is 358 g/mol. The van der Waals surface area contributed by atoms with E-state index in [4.69, 9.17) is 14.0 Å². The van der Waals surface area contributed by atoms with Crippen molar-refractivity contribution in [3.05, 3.63) is 36.2 Å². The summed E-state index contributed by atoms with van der Waals surface area (Å²) in [6, 6.07) is 7.30. The minimum atomic E-state index is 0.441. The van der Waals surface area contributed by atoms with Crippen LogP contribution in [0.5, 0.6) is 11.5 Å². The highest BCUT2D eigenvalue weighted by molar-refractivity contribution is 7.98. The Labute approximate surface area is 149 Å². The van der Waals surface area contributed by atoms with Gasteiger partial charge in [0.15, 0.2) is 0 Å².